The molecule has 88 valence electrons. The fourth-order valence-corrected chi connectivity index (χ4v) is 2.03. The predicted octanol–water partition coefficient (Wildman–Crippen LogP) is -0.148. The molecule has 3 N–H and O–H groups in total. The van der Waals surface area contributed by atoms with E-state index in [4.69, 9.17) is 9.84 Å². The van der Waals surface area contributed by atoms with Crippen molar-refractivity contribution in [1.29, 1.82) is 0 Å². The molecule has 0 aliphatic carbocycles. The molecule has 1 rings (SSSR count). The van der Waals surface area contributed by atoms with Crippen molar-refractivity contribution in [1.82, 2.24) is 0 Å². The van der Waals surface area contributed by atoms with Crippen molar-refractivity contribution in [2.45, 2.75) is 45.2 Å². The lowest BCUT2D eigenvalue weighted by Crippen LogP contribution is -2.57. The summed E-state index contributed by atoms with van der Waals surface area (Å²) in [6.45, 7) is 5.53. The Hall–Kier alpha value is -0.650. The summed E-state index contributed by atoms with van der Waals surface area (Å²) < 4.78 is 5.29. The van der Waals surface area contributed by atoms with Crippen LogP contribution in [0.2, 0.25) is 0 Å². The second-order valence-electron chi connectivity index (χ2n) is 4.44. The number of ether oxygens (including phenoxy) is 1. The fourth-order valence-electron chi connectivity index (χ4n) is 2.03. The molecule has 0 spiro atoms. The van der Waals surface area contributed by atoms with Crippen molar-refractivity contribution >= 4 is 5.97 Å². The molecule has 1 heterocycles. The van der Waals surface area contributed by atoms with E-state index in [1.165, 1.54) is 0 Å². The van der Waals surface area contributed by atoms with Crippen molar-refractivity contribution in [3.05, 3.63) is 0 Å². The first-order valence-electron chi connectivity index (χ1n) is 5.10. The lowest BCUT2D eigenvalue weighted by molar-refractivity contribution is -0.216. The molecule has 0 radical (unpaired) electrons. The smallest absolute Gasteiger partial charge is 0.335 e. The van der Waals surface area contributed by atoms with Crippen LogP contribution in [-0.4, -0.2) is 45.7 Å². The van der Waals surface area contributed by atoms with E-state index in [0.29, 0.717) is 0 Å². The van der Waals surface area contributed by atoms with Crippen molar-refractivity contribution in [2.24, 2.45) is 11.8 Å². The van der Waals surface area contributed by atoms with Gasteiger partial charge in [0.1, 0.15) is 6.10 Å². The van der Waals surface area contributed by atoms with E-state index in [2.05, 4.69) is 0 Å². The Balaban J connectivity index is 2.85. The van der Waals surface area contributed by atoms with E-state index >= 15 is 0 Å². The maximum atomic E-state index is 10.8. The van der Waals surface area contributed by atoms with Crippen LogP contribution in [-0.2, 0) is 9.53 Å². The van der Waals surface area contributed by atoms with Gasteiger partial charge in [0.05, 0.1) is 12.2 Å². The van der Waals surface area contributed by atoms with E-state index < -0.39 is 24.3 Å². The molecule has 15 heavy (non-hydrogen) atoms. The van der Waals surface area contributed by atoms with Gasteiger partial charge in [-0.25, -0.2) is 4.79 Å². The summed E-state index contributed by atoms with van der Waals surface area (Å²) >= 11 is 0. The first-order chi connectivity index (χ1) is 6.86. The third-order valence-corrected chi connectivity index (χ3v) is 2.92. The number of carbonyl (C=O) groups is 1. The first-order valence-corrected chi connectivity index (χ1v) is 5.10. The normalized spacial score (nSPS) is 41.9. The zero-order valence-electron chi connectivity index (χ0n) is 9.12. The fraction of sp³-hybridized carbons (Fsp3) is 0.900. The predicted molar refractivity (Wildman–Crippen MR) is 52.3 cm³/mol. The zero-order valence-corrected chi connectivity index (χ0v) is 9.12. The van der Waals surface area contributed by atoms with Gasteiger partial charge in [-0.3, -0.25) is 0 Å². The van der Waals surface area contributed by atoms with Crippen molar-refractivity contribution < 1.29 is 24.9 Å². The molecule has 0 aromatic heterocycles. The zero-order chi connectivity index (χ0) is 11.7. The Kier molecular flexibility index (Phi) is 3.70. The summed E-state index contributed by atoms with van der Waals surface area (Å²) in [5.74, 6) is -1.40. The molecule has 1 aliphatic heterocycles. The Bertz CT molecular complexity index is 240. The van der Waals surface area contributed by atoms with Gasteiger partial charge in [0.2, 0.25) is 0 Å². The van der Waals surface area contributed by atoms with E-state index in [-0.39, 0.29) is 17.9 Å². The summed E-state index contributed by atoms with van der Waals surface area (Å²) in [6.07, 6.45) is -4.08. The topological polar surface area (TPSA) is 87.0 Å². The van der Waals surface area contributed by atoms with E-state index in [1.54, 1.807) is 6.92 Å². The minimum atomic E-state index is -1.35. The van der Waals surface area contributed by atoms with Gasteiger partial charge in [-0.05, 0) is 5.92 Å². The van der Waals surface area contributed by atoms with Gasteiger partial charge >= 0.3 is 5.97 Å². The summed E-state index contributed by atoms with van der Waals surface area (Å²) in [6, 6.07) is 0. The molecule has 0 aromatic carbocycles. The summed E-state index contributed by atoms with van der Waals surface area (Å²) in [4.78, 5) is 10.8. The first kappa shape index (κ1) is 12.4. The van der Waals surface area contributed by atoms with Crippen LogP contribution in [0.25, 0.3) is 0 Å². The second kappa shape index (κ2) is 4.47. The van der Waals surface area contributed by atoms with Crippen LogP contribution in [0.1, 0.15) is 20.8 Å². The number of aliphatic hydroxyl groups is 2. The second-order valence-corrected chi connectivity index (χ2v) is 4.44. The molecule has 1 saturated heterocycles. The van der Waals surface area contributed by atoms with Crippen molar-refractivity contribution in [2.75, 3.05) is 0 Å². The van der Waals surface area contributed by atoms with Gasteiger partial charge in [0.15, 0.2) is 6.10 Å². The van der Waals surface area contributed by atoms with Crippen LogP contribution in [0.4, 0.5) is 0 Å². The third-order valence-electron chi connectivity index (χ3n) is 2.92. The summed E-state index contributed by atoms with van der Waals surface area (Å²) in [7, 11) is 0. The largest absolute Gasteiger partial charge is 0.479 e. The number of hydrogen-bond donors (Lipinski definition) is 3. The Morgan fingerprint density at radius 3 is 2.20 bits per heavy atom. The SMILES string of the molecule is CC(C)C1O[C@H](C(=O)O)[C@@H](O)[C@H](O)[C@H]1C. The number of carboxylic acids is 1. The molecule has 0 saturated carbocycles. The van der Waals surface area contributed by atoms with E-state index in [0.717, 1.165) is 0 Å². The minimum absolute atomic E-state index is 0.101. The molecule has 0 bridgehead atoms. The molecule has 5 atom stereocenters. The summed E-state index contributed by atoms with van der Waals surface area (Å²) in [5, 5.41) is 28.0. The average molecular weight is 218 g/mol. The van der Waals surface area contributed by atoms with Crippen LogP contribution in [0.15, 0.2) is 0 Å². The third kappa shape index (κ3) is 2.30. The maximum Gasteiger partial charge on any atom is 0.335 e. The standard InChI is InChI=1S/C10H18O5/c1-4(2)8-5(3)6(11)7(12)9(15-8)10(13)14/h4-9,11-12H,1-3H3,(H,13,14)/t5-,6-,7+,8?,9+/m1/s1. The number of hydrogen-bond acceptors (Lipinski definition) is 4. The van der Waals surface area contributed by atoms with Gasteiger partial charge in [-0.15, -0.1) is 0 Å². The lowest BCUT2D eigenvalue weighted by Gasteiger charge is -2.41. The molecule has 0 amide bonds. The van der Waals surface area contributed by atoms with Crippen LogP contribution in [0.3, 0.4) is 0 Å². The van der Waals surface area contributed by atoms with Crippen LogP contribution in [0.5, 0.6) is 0 Å². The monoisotopic (exact) mass is 218 g/mol. The number of aliphatic carboxylic acids is 1. The number of aliphatic hydroxyl groups excluding tert-OH is 2. The maximum absolute atomic E-state index is 10.8. The van der Waals surface area contributed by atoms with Gasteiger partial charge in [0, 0.05) is 5.92 Å². The van der Waals surface area contributed by atoms with Crippen LogP contribution < -0.4 is 0 Å². The highest BCUT2D eigenvalue weighted by molar-refractivity contribution is 5.73. The van der Waals surface area contributed by atoms with E-state index in [9.17, 15) is 15.0 Å². The molecule has 1 fully saturated rings. The quantitative estimate of drug-likeness (QED) is 0.600. The lowest BCUT2D eigenvalue weighted by atomic mass is 9.83. The van der Waals surface area contributed by atoms with Crippen LogP contribution in [0, 0.1) is 11.8 Å². The highest BCUT2D eigenvalue weighted by Crippen LogP contribution is 2.30. The van der Waals surface area contributed by atoms with Gasteiger partial charge in [-0.1, -0.05) is 20.8 Å². The van der Waals surface area contributed by atoms with Gasteiger partial charge in [0.25, 0.3) is 0 Å². The molecule has 1 aliphatic rings. The van der Waals surface area contributed by atoms with E-state index in [1.807, 2.05) is 13.8 Å². The molecule has 1 unspecified atom stereocenters. The Labute approximate surface area is 88.7 Å². The molecular formula is C10H18O5. The van der Waals surface area contributed by atoms with Crippen LogP contribution >= 0.6 is 0 Å². The molecule has 5 heteroatoms. The highest BCUT2D eigenvalue weighted by Gasteiger charge is 2.46. The number of carboxylic acid groups (broad SMARTS) is 1. The van der Waals surface area contributed by atoms with Gasteiger partial charge < -0.3 is 20.1 Å². The van der Waals surface area contributed by atoms with Gasteiger partial charge in [-0.2, -0.15) is 0 Å². The van der Waals surface area contributed by atoms with Crippen molar-refractivity contribution in [3.63, 3.8) is 0 Å². The average Bonchev–Trinajstić information content (AvgIpc) is 2.13. The molecular weight excluding hydrogens is 200 g/mol. The molecule has 0 aromatic rings. The molecule has 5 nitrogen and oxygen atoms in total. The number of rotatable bonds is 2. The summed E-state index contributed by atoms with van der Waals surface area (Å²) in [5.41, 5.74) is 0. The van der Waals surface area contributed by atoms with Crippen molar-refractivity contribution in [3.8, 4) is 0 Å². The minimum Gasteiger partial charge on any atom is -0.479 e. The Morgan fingerprint density at radius 2 is 1.80 bits per heavy atom. The highest BCUT2D eigenvalue weighted by atomic mass is 16.5. The Morgan fingerprint density at radius 1 is 1.27 bits per heavy atom.